The molecule has 0 saturated heterocycles. The molecule has 0 aromatic heterocycles. The molecule has 0 spiro atoms. The Morgan fingerprint density at radius 3 is 2.23 bits per heavy atom. The average molecular weight is 336 g/mol. The van der Waals surface area contributed by atoms with Gasteiger partial charge in [0.15, 0.2) is 0 Å². The van der Waals surface area contributed by atoms with Crippen LogP contribution in [0.5, 0.6) is 0 Å². The molecule has 6 heteroatoms. The summed E-state index contributed by atoms with van der Waals surface area (Å²) in [5.41, 5.74) is 5.59. The number of nitrogens with two attached hydrogens (primary N) is 1. The van der Waals surface area contributed by atoms with Gasteiger partial charge in [0.1, 0.15) is 0 Å². The van der Waals surface area contributed by atoms with Crippen molar-refractivity contribution < 1.29 is 9.59 Å². The Labute approximate surface area is 141 Å². The zero-order valence-electron chi connectivity index (χ0n) is 14.9. The first-order valence-electron chi connectivity index (χ1n) is 7.83. The van der Waals surface area contributed by atoms with Crippen LogP contribution in [0, 0.1) is 11.3 Å². The van der Waals surface area contributed by atoms with Crippen LogP contribution < -0.4 is 11.1 Å². The summed E-state index contributed by atoms with van der Waals surface area (Å²) in [6, 6.07) is 0.131. The van der Waals surface area contributed by atoms with Crippen LogP contribution in [0.4, 0.5) is 0 Å². The van der Waals surface area contributed by atoms with E-state index in [0.29, 0.717) is 31.8 Å². The lowest BCUT2D eigenvalue weighted by atomic mass is 9.96. The van der Waals surface area contributed by atoms with Crippen LogP contribution in [0.25, 0.3) is 0 Å². The number of halogens is 1. The predicted molar refractivity (Wildman–Crippen MR) is 94.0 cm³/mol. The van der Waals surface area contributed by atoms with Gasteiger partial charge >= 0.3 is 0 Å². The molecule has 1 unspecified atom stereocenters. The van der Waals surface area contributed by atoms with E-state index in [1.54, 1.807) is 4.90 Å². The molecule has 5 nitrogen and oxygen atoms in total. The standard InChI is InChI=1S/C16H33N3O2.ClH/c1-12(2)13(17)9-11-19(6)14(20)8-7-10-18-15(21)16(3,4)5;/h12-13H,7-11,17H2,1-6H3,(H,18,21);1H. The Balaban J connectivity index is 0. The minimum atomic E-state index is -0.381. The van der Waals surface area contributed by atoms with E-state index in [1.807, 2.05) is 27.8 Å². The number of amides is 2. The number of hydrogen-bond acceptors (Lipinski definition) is 3. The maximum absolute atomic E-state index is 11.9. The van der Waals surface area contributed by atoms with Gasteiger partial charge in [-0.15, -0.1) is 12.4 Å². The normalized spacial score (nSPS) is 12.5. The smallest absolute Gasteiger partial charge is 0.225 e. The third kappa shape index (κ3) is 10.0. The first kappa shape index (κ1) is 23.5. The maximum atomic E-state index is 11.9. The van der Waals surface area contributed by atoms with Crippen LogP contribution in [-0.2, 0) is 9.59 Å². The summed E-state index contributed by atoms with van der Waals surface area (Å²) >= 11 is 0. The molecule has 22 heavy (non-hydrogen) atoms. The molecule has 0 heterocycles. The number of hydrogen-bond donors (Lipinski definition) is 2. The van der Waals surface area contributed by atoms with Crippen molar-refractivity contribution in [1.29, 1.82) is 0 Å². The monoisotopic (exact) mass is 335 g/mol. The van der Waals surface area contributed by atoms with Crippen molar-refractivity contribution in [3.63, 3.8) is 0 Å². The Kier molecular flexibility index (Phi) is 11.6. The molecule has 132 valence electrons. The third-order valence-electron chi connectivity index (χ3n) is 3.61. The number of nitrogens with zero attached hydrogens (tertiary/aromatic N) is 1. The molecule has 0 aliphatic carbocycles. The van der Waals surface area contributed by atoms with Crippen LogP contribution in [-0.4, -0.2) is 42.9 Å². The zero-order chi connectivity index (χ0) is 16.6. The summed E-state index contributed by atoms with van der Waals surface area (Å²) in [4.78, 5) is 25.3. The van der Waals surface area contributed by atoms with Crippen LogP contribution in [0.15, 0.2) is 0 Å². The van der Waals surface area contributed by atoms with Gasteiger partial charge in [-0.2, -0.15) is 0 Å². The Bertz CT molecular complexity index is 341. The summed E-state index contributed by atoms with van der Waals surface area (Å²) in [5, 5.41) is 2.85. The molecule has 0 aromatic rings. The third-order valence-corrected chi connectivity index (χ3v) is 3.61. The lowest BCUT2D eigenvalue weighted by Crippen LogP contribution is -2.36. The highest BCUT2D eigenvalue weighted by molar-refractivity contribution is 5.85. The second-order valence-electron chi connectivity index (χ2n) is 7.12. The predicted octanol–water partition coefficient (Wildman–Crippen LogP) is 2.18. The summed E-state index contributed by atoms with van der Waals surface area (Å²) in [6.07, 6.45) is 1.94. The molecular formula is C16H34ClN3O2. The maximum Gasteiger partial charge on any atom is 0.225 e. The van der Waals surface area contributed by atoms with E-state index in [4.69, 9.17) is 5.73 Å². The van der Waals surface area contributed by atoms with E-state index >= 15 is 0 Å². The van der Waals surface area contributed by atoms with Gasteiger partial charge in [0, 0.05) is 38.0 Å². The van der Waals surface area contributed by atoms with Crippen LogP contribution in [0.3, 0.4) is 0 Å². The molecule has 0 aliphatic rings. The van der Waals surface area contributed by atoms with Crippen molar-refractivity contribution in [1.82, 2.24) is 10.2 Å². The molecule has 0 radical (unpaired) electrons. The van der Waals surface area contributed by atoms with E-state index in [-0.39, 0.29) is 35.7 Å². The van der Waals surface area contributed by atoms with Gasteiger partial charge in [-0.25, -0.2) is 0 Å². The van der Waals surface area contributed by atoms with Crippen molar-refractivity contribution in [2.75, 3.05) is 20.1 Å². The van der Waals surface area contributed by atoms with Crippen LogP contribution >= 0.6 is 12.4 Å². The molecule has 0 aromatic carbocycles. The molecule has 0 rings (SSSR count). The number of nitrogens with one attached hydrogen (secondary N) is 1. The number of carbonyl (C=O) groups excluding carboxylic acids is 2. The second kappa shape index (κ2) is 10.8. The molecule has 0 saturated carbocycles. The van der Waals surface area contributed by atoms with Gasteiger partial charge in [-0.1, -0.05) is 34.6 Å². The average Bonchev–Trinajstić information content (AvgIpc) is 2.38. The summed E-state index contributed by atoms with van der Waals surface area (Å²) in [7, 11) is 1.81. The van der Waals surface area contributed by atoms with E-state index in [1.165, 1.54) is 0 Å². The Morgan fingerprint density at radius 1 is 1.23 bits per heavy atom. The van der Waals surface area contributed by atoms with E-state index in [0.717, 1.165) is 6.42 Å². The topological polar surface area (TPSA) is 75.4 Å². The SMILES string of the molecule is CC(C)C(N)CCN(C)C(=O)CCCNC(=O)C(C)(C)C.Cl. The van der Waals surface area contributed by atoms with Gasteiger partial charge in [-0.3, -0.25) is 9.59 Å². The summed E-state index contributed by atoms with van der Waals surface area (Å²) in [5.74, 6) is 0.559. The second-order valence-corrected chi connectivity index (χ2v) is 7.12. The minimum Gasteiger partial charge on any atom is -0.356 e. The molecule has 2 amide bonds. The van der Waals surface area contributed by atoms with Crippen molar-refractivity contribution in [3.05, 3.63) is 0 Å². The Morgan fingerprint density at radius 2 is 1.77 bits per heavy atom. The summed E-state index contributed by atoms with van der Waals surface area (Å²) < 4.78 is 0. The quantitative estimate of drug-likeness (QED) is 0.667. The van der Waals surface area contributed by atoms with Crippen LogP contribution in [0.1, 0.15) is 53.9 Å². The van der Waals surface area contributed by atoms with E-state index in [9.17, 15) is 9.59 Å². The fourth-order valence-corrected chi connectivity index (χ4v) is 1.70. The first-order valence-corrected chi connectivity index (χ1v) is 7.83. The van der Waals surface area contributed by atoms with Crippen LogP contribution in [0.2, 0.25) is 0 Å². The van der Waals surface area contributed by atoms with Crippen molar-refractivity contribution in [3.8, 4) is 0 Å². The molecular weight excluding hydrogens is 302 g/mol. The minimum absolute atomic E-state index is 0. The van der Waals surface area contributed by atoms with Gasteiger partial charge in [0.05, 0.1) is 0 Å². The van der Waals surface area contributed by atoms with Gasteiger partial charge in [-0.05, 0) is 18.8 Å². The largest absolute Gasteiger partial charge is 0.356 e. The van der Waals surface area contributed by atoms with Gasteiger partial charge in [0.25, 0.3) is 0 Å². The number of carbonyl (C=O) groups is 2. The fourth-order valence-electron chi connectivity index (χ4n) is 1.70. The highest BCUT2D eigenvalue weighted by atomic mass is 35.5. The molecule has 3 N–H and O–H groups in total. The van der Waals surface area contributed by atoms with Crippen molar-refractivity contribution in [2.24, 2.45) is 17.1 Å². The zero-order valence-corrected chi connectivity index (χ0v) is 15.8. The lowest BCUT2D eigenvalue weighted by Gasteiger charge is -2.22. The van der Waals surface area contributed by atoms with Gasteiger partial charge < -0.3 is 16.0 Å². The van der Waals surface area contributed by atoms with E-state index < -0.39 is 0 Å². The van der Waals surface area contributed by atoms with Crippen molar-refractivity contribution in [2.45, 2.75) is 59.9 Å². The number of rotatable bonds is 8. The lowest BCUT2D eigenvalue weighted by molar-refractivity contribution is -0.131. The van der Waals surface area contributed by atoms with Crippen molar-refractivity contribution >= 4 is 24.2 Å². The highest BCUT2D eigenvalue weighted by Crippen LogP contribution is 2.12. The highest BCUT2D eigenvalue weighted by Gasteiger charge is 2.20. The van der Waals surface area contributed by atoms with Gasteiger partial charge in [0.2, 0.25) is 11.8 Å². The molecule has 0 fully saturated rings. The Hall–Kier alpha value is -0.810. The molecule has 0 bridgehead atoms. The van der Waals surface area contributed by atoms with E-state index in [2.05, 4.69) is 19.2 Å². The molecule has 1 atom stereocenters. The fraction of sp³-hybridized carbons (Fsp3) is 0.875. The molecule has 0 aliphatic heterocycles. The first-order chi connectivity index (χ1) is 9.55. The summed E-state index contributed by atoms with van der Waals surface area (Å²) in [6.45, 7) is 11.0.